The second-order valence-corrected chi connectivity index (χ2v) is 5.06. The van der Waals surface area contributed by atoms with Crippen LogP contribution in [0.2, 0.25) is 0 Å². The van der Waals surface area contributed by atoms with Gasteiger partial charge in [0, 0.05) is 13.7 Å². The lowest BCUT2D eigenvalue weighted by atomic mass is 10.1. The van der Waals surface area contributed by atoms with Crippen molar-refractivity contribution in [2.75, 3.05) is 20.3 Å². The van der Waals surface area contributed by atoms with E-state index in [1.807, 2.05) is 30.3 Å². The van der Waals surface area contributed by atoms with Gasteiger partial charge in [0.1, 0.15) is 0 Å². The molecular formula is C11H16NO5P. The predicted molar refractivity (Wildman–Crippen MR) is 65.9 cm³/mol. The van der Waals surface area contributed by atoms with Gasteiger partial charge in [-0.3, -0.25) is 13.8 Å². The third-order valence-electron chi connectivity index (χ3n) is 2.12. The first-order chi connectivity index (χ1) is 8.53. The molecule has 7 heteroatoms. The van der Waals surface area contributed by atoms with Gasteiger partial charge in [0.05, 0.1) is 13.0 Å². The van der Waals surface area contributed by atoms with Crippen LogP contribution in [0.3, 0.4) is 0 Å². The molecule has 0 aliphatic rings. The van der Waals surface area contributed by atoms with Gasteiger partial charge in [0.25, 0.3) is 0 Å². The molecule has 0 fully saturated rings. The lowest BCUT2D eigenvalue weighted by Crippen LogP contribution is -2.28. The van der Waals surface area contributed by atoms with Crippen molar-refractivity contribution in [1.29, 1.82) is 0 Å². The summed E-state index contributed by atoms with van der Waals surface area (Å²) in [6.45, 7) is 0.0712. The van der Waals surface area contributed by atoms with Gasteiger partial charge < -0.3 is 10.2 Å². The third-order valence-corrected chi connectivity index (χ3v) is 3.09. The highest BCUT2D eigenvalue weighted by molar-refractivity contribution is 7.47. The molecule has 0 aliphatic carbocycles. The van der Waals surface area contributed by atoms with Gasteiger partial charge in [-0.05, 0) is 5.56 Å². The molecule has 2 N–H and O–H groups in total. The normalized spacial score (nSPS) is 13.9. The summed E-state index contributed by atoms with van der Waals surface area (Å²) in [5, 5.41) is 2.58. The minimum atomic E-state index is -3.95. The molecule has 1 rings (SSSR count). The van der Waals surface area contributed by atoms with Crippen LogP contribution >= 0.6 is 7.82 Å². The van der Waals surface area contributed by atoms with Crippen molar-refractivity contribution < 1.29 is 23.3 Å². The van der Waals surface area contributed by atoms with E-state index in [4.69, 9.17) is 4.89 Å². The molecule has 0 aromatic heterocycles. The van der Waals surface area contributed by atoms with E-state index in [9.17, 15) is 9.36 Å². The van der Waals surface area contributed by atoms with Crippen LogP contribution in [0.15, 0.2) is 30.3 Å². The highest BCUT2D eigenvalue weighted by Crippen LogP contribution is 2.41. The van der Waals surface area contributed by atoms with Gasteiger partial charge in [0.2, 0.25) is 5.91 Å². The number of carbonyl (C=O) groups is 1. The standard InChI is InChI=1S/C11H16NO5P/c1-16-18(14,15)17-8-7-12-11(13)9-10-5-3-2-4-6-10/h2-6H,7-9H2,1H3,(H,12,13)(H,14,15). The summed E-state index contributed by atoms with van der Waals surface area (Å²) in [7, 11) is -2.87. The predicted octanol–water partition coefficient (Wildman–Crippen LogP) is 1.11. The van der Waals surface area contributed by atoms with E-state index in [2.05, 4.69) is 14.4 Å². The lowest BCUT2D eigenvalue weighted by Gasteiger charge is -2.09. The van der Waals surface area contributed by atoms with E-state index in [1.54, 1.807) is 0 Å². The average Bonchev–Trinajstić information content (AvgIpc) is 2.36. The maximum atomic E-state index is 11.5. The fourth-order valence-corrected chi connectivity index (χ4v) is 1.68. The van der Waals surface area contributed by atoms with Crippen LogP contribution in [0, 0.1) is 0 Å². The van der Waals surface area contributed by atoms with Crippen LogP contribution in [-0.2, 0) is 24.8 Å². The summed E-state index contributed by atoms with van der Waals surface area (Å²) in [5.41, 5.74) is 0.903. The van der Waals surface area contributed by atoms with E-state index in [0.29, 0.717) is 0 Å². The number of carbonyl (C=O) groups excluding carboxylic acids is 1. The molecule has 0 heterocycles. The summed E-state index contributed by atoms with van der Waals surface area (Å²) in [5.74, 6) is -0.171. The second-order valence-electron chi connectivity index (χ2n) is 3.50. The summed E-state index contributed by atoms with van der Waals surface area (Å²) in [6.07, 6.45) is 0.266. The molecule has 1 aromatic rings. The quantitative estimate of drug-likeness (QED) is 0.574. The summed E-state index contributed by atoms with van der Waals surface area (Å²) in [6, 6.07) is 9.28. The molecule has 1 amide bonds. The van der Waals surface area contributed by atoms with Crippen molar-refractivity contribution in [2.45, 2.75) is 6.42 Å². The maximum absolute atomic E-state index is 11.5. The smallest absolute Gasteiger partial charge is 0.353 e. The zero-order valence-electron chi connectivity index (χ0n) is 10.0. The molecule has 1 atom stereocenters. The Hall–Kier alpha value is -1.20. The van der Waals surface area contributed by atoms with Crippen LogP contribution in [0.4, 0.5) is 0 Å². The fraction of sp³-hybridized carbons (Fsp3) is 0.364. The number of hydrogen-bond donors (Lipinski definition) is 2. The number of hydrogen-bond acceptors (Lipinski definition) is 4. The van der Waals surface area contributed by atoms with Crippen LogP contribution in [0.25, 0.3) is 0 Å². The van der Waals surface area contributed by atoms with Gasteiger partial charge in [-0.1, -0.05) is 30.3 Å². The molecule has 0 bridgehead atoms. The Balaban J connectivity index is 2.20. The molecule has 0 saturated heterocycles. The van der Waals surface area contributed by atoms with Crippen LogP contribution in [0.1, 0.15) is 5.56 Å². The Kier molecular flexibility index (Phi) is 6.01. The minimum absolute atomic E-state index is 0.0812. The van der Waals surface area contributed by atoms with Gasteiger partial charge >= 0.3 is 7.82 Å². The van der Waals surface area contributed by atoms with Crippen molar-refractivity contribution in [2.24, 2.45) is 0 Å². The number of rotatable bonds is 7. The molecule has 100 valence electrons. The number of phosphoric acid groups is 1. The number of benzene rings is 1. The Morgan fingerprint density at radius 3 is 2.67 bits per heavy atom. The molecular weight excluding hydrogens is 257 g/mol. The van der Waals surface area contributed by atoms with Gasteiger partial charge in [0.15, 0.2) is 0 Å². The molecule has 18 heavy (non-hydrogen) atoms. The monoisotopic (exact) mass is 273 g/mol. The van der Waals surface area contributed by atoms with Crippen LogP contribution in [0.5, 0.6) is 0 Å². The van der Waals surface area contributed by atoms with Crippen molar-refractivity contribution in [1.82, 2.24) is 5.32 Å². The highest BCUT2D eigenvalue weighted by atomic mass is 31.2. The molecule has 0 spiro atoms. The number of amides is 1. The average molecular weight is 273 g/mol. The molecule has 0 radical (unpaired) electrons. The first-order valence-corrected chi connectivity index (χ1v) is 6.87. The fourth-order valence-electron chi connectivity index (χ4n) is 1.25. The van der Waals surface area contributed by atoms with Crippen molar-refractivity contribution in [3.05, 3.63) is 35.9 Å². The Labute approximate surface area is 106 Å². The first-order valence-electron chi connectivity index (χ1n) is 5.37. The van der Waals surface area contributed by atoms with Crippen LogP contribution in [-0.4, -0.2) is 31.1 Å². The summed E-state index contributed by atoms with van der Waals surface area (Å²) < 4.78 is 19.7. The molecule has 0 saturated carbocycles. The number of nitrogens with one attached hydrogen (secondary N) is 1. The van der Waals surface area contributed by atoms with Crippen molar-refractivity contribution in [3.63, 3.8) is 0 Å². The third kappa shape index (κ3) is 5.93. The lowest BCUT2D eigenvalue weighted by molar-refractivity contribution is -0.120. The SMILES string of the molecule is COP(=O)(O)OCCNC(=O)Cc1ccccc1. The Bertz CT molecular complexity index is 423. The van der Waals surface area contributed by atoms with E-state index in [1.165, 1.54) is 0 Å². The zero-order valence-corrected chi connectivity index (χ0v) is 10.9. The van der Waals surface area contributed by atoms with Gasteiger partial charge in [-0.25, -0.2) is 4.57 Å². The largest absolute Gasteiger partial charge is 0.471 e. The van der Waals surface area contributed by atoms with Crippen molar-refractivity contribution in [3.8, 4) is 0 Å². The molecule has 0 aliphatic heterocycles. The zero-order chi connectivity index (χ0) is 13.4. The van der Waals surface area contributed by atoms with Crippen LogP contribution < -0.4 is 5.32 Å². The van der Waals surface area contributed by atoms with E-state index < -0.39 is 7.82 Å². The van der Waals surface area contributed by atoms with E-state index >= 15 is 0 Å². The second kappa shape index (κ2) is 7.28. The van der Waals surface area contributed by atoms with E-state index in [0.717, 1.165) is 12.7 Å². The molecule has 6 nitrogen and oxygen atoms in total. The van der Waals surface area contributed by atoms with Crippen molar-refractivity contribution >= 4 is 13.7 Å². The molecule has 1 aromatic carbocycles. The topological polar surface area (TPSA) is 84.9 Å². The molecule has 1 unspecified atom stereocenters. The van der Waals surface area contributed by atoms with Gasteiger partial charge in [-0.15, -0.1) is 0 Å². The maximum Gasteiger partial charge on any atom is 0.471 e. The Morgan fingerprint density at radius 1 is 1.39 bits per heavy atom. The summed E-state index contributed by atoms with van der Waals surface area (Å²) in [4.78, 5) is 20.4. The summed E-state index contributed by atoms with van der Waals surface area (Å²) >= 11 is 0. The highest BCUT2D eigenvalue weighted by Gasteiger charge is 2.17. The number of phosphoric ester groups is 1. The first kappa shape index (κ1) is 14.9. The Morgan fingerprint density at radius 2 is 2.06 bits per heavy atom. The van der Waals surface area contributed by atoms with E-state index in [-0.39, 0.29) is 25.5 Å². The minimum Gasteiger partial charge on any atom is -0.353 e. The van der Waals surface area contributed by atoms with Gasteiger partial charge in [-0.2, -0.15) is 0 Å².